The molecule has 2 nitrogen and oxygen atoms in total. The number of thiazole rings is 1. The summed E-state index contributed by atoms with van der Waals surface area (Å²) in [5, 5.41) is 5.16. The third kappa shape index (κ3) is 2.00. The van der Waals surface area contributed by atoms with E-state index in [2.05, 4.69) is 17.2 Å². The van der Waals surface area contributed by atoms with Crippen molar-refractivity contribution in [1.29, 1.82) is 0 Å². The summed E-state index contributed by atoms with van der Waals surface area (Å²) < 4.78 is 1.09. The monoisotopic (exact) mass is 240 g/mol. The Bertz CT molecular complexity index is 463. The molecule has 0 saturated carbocycles. The molecule has 1 unspecified atom stereocenters. The van der Waals surface area contributed by atoms with Crippen molar-refractivity contribution in [2.24, 2.45) is 0 Å². The highest BCUT2D eigenvalue weighted by Gasteiger charge is 2.13. The van der Waals surface area contributed by atoms with E-state index in [1.807, 2.05) is 25.2 Å². The van der Waals surface area contributed by atoms with Crippen LogP contribution in [0.3, 0.4) is 0 Å². The van der Waals surface area contributed by atoms with Gasteiger partial charge in [0.25, 0.3) is 0 Å². The molecule has 0 saturated heterocycles. The molecule has 0 aliphatic carbocycles. The highest BCUT2D eigenvalue weighted by atomic mass is 35.5. The maximum Gasteiger partial charge on any atom is 0.111 e. The van der Waals surface area contributed by atoms with Crippen LogP contribution in [-0.2, 0) is 0 Å². The number of fused-ring (bicyclic) bond motifs is 1. The normalized spacial score (nSPS) is 13.3. The summed E-state index contributed by atoms with van der Waals surface area (Å²) in [6, 6.07) is 6.18. The van der Waals surface area contributed by atoms with Gasteiger partial charge in [-0.3, -0.25) is 0 Å². The zero-order chi connectivity index (χ0) is 10.8. The van der Waals surface area contributed by atoms with Crippen LogP contribution in [0.25, 0.3) is 10.2 Å². The van der Waals surface area contributed by atoms with Crippen LogP contribution in [0.15, 0.2) is 18.2 Å². The number of benzene rings is 1. The summed E-state index contributed by atoms with van der Waals surface area (Å²) >= 11 is 7.79. The maximum absolute atomic E-state index is 6.11. The van der Waals surface area contributed by atoms with E-state index in [1.54, 1.807) is 11.3 Å². The number of rotatable bonds is 3. The predicted octanol–water partition coefficient (Wildman–Crippen LogP) is 3.62. The average molecular weight is 241 g/mol. The Kier molecular flexibility index (Phi) is 3.24. The van der Waals surface area contributed by atoms with Crippen LogP contribution in [0.4, 0.5) is 0 Å². The molecule has 1 atom stereocenters. The second kappa shape index (κ2) is 4.47. The predicted molar refractivity (Wildman–Crippen MR) is 66.7 cm³/mol. The second-order valence-corrected chi connectivity index (χ2v) is 4.83. The van der Waals surface area contributed by atoms with Crippen LogP contribution in [0.2, 0.25) is 5.02 Å². The second-order valence-electron chi connectivity index (χ2n) is 3.39. The van der Waals surface area contributed by atoms with Gasteiger partial charge in [-0.1, -0.05) is 24.6 Å². The zero-order valence-corrected chi connectivity index (χ0v) is 10.3. The van der Waals surface area contributed by atoms with Crippen LogP contribution in [0.5, 0.6) is 0 Å². The minimum atomic E-state index is 0.332. The Morgan fingerprint density at radius 2 is 2.33 bits per heavy atom. The highest BCUT2D eigenvalue weighted by molar-refractivity contribution is 7.19. The first-order valence-electron chi connectivity index (χ1n) is 4.98. The van der Waals surface area contributed by atoms with Gasteiger partial charge in [0.05, 0.1) is 21.3 Å². The van der Waals surface area contributed by atoms with Crippen molar-refractivity contribution in [1.82, 2.24) is 10.3 Å². The largest absolute Gasteiger partial charge is 0.311 e. The topological polar surface area (TPSA) is 24.9 Å². The summed E-state index contributed by atoms with van der Waals surface area (Å²) in [5.74, 6) is 0. The molecule has 0 spiro atoms. The smallest absolute Gasteiger partial charge is 0.111 e. The molecule has 0 aliphatic rings. The number of hydrogen-bond acceptors (Lipinski definition) is 3. The summed E-state index contributed by atoms with van der Waals surface area (Å²) in [6.45, 7) is 2.15. The molecule has 0 aliphatic heterocycles. The van der Waals surface area contributed by atoms with Crippen LogP contribution in [0, 0.1) is 0 Å². The van der Waals surface area contributed by atoms with E-state index in [0.29, 0.717) is 6.04 Å². The number of nitrogens with zero attached hydrogens (tertiary/aromatic N) is 1. The SMILES string of the molecule is CCC(NC)c1nc2cccc(Cl)c2s1. The summed E-state index contributed by atoms with van der Waals surface area (Å²) in [4.78, 5) is 4.59. The van der Waals surface area contributed by atoms with Gasteiger partial charge >= 0.3 is 0 Å². The zero-order valence-electron chi connectivity index (χ0n) is 8.75. The third-order valence-corrected chi connectivity index (χ3v) is 4.08. The lowest BCUT2D eigenvalue weighted by atomic mass is 10.2. The standard InChI is InChI=1S/C11H13ClN2S/c1-3-8(13-2)11-14-9-6-4-5-7(12)10(9)15-11/h4-6,8,13H,3H2,1-2H3. The first-order chi connectivity index (χ1) is 7.26. The molecule has 0 radical (unpaired) electrons. The van der Waals surface area contributed by atoms with Crippen LogP contribution < -0.4 is 5.32 Å². The molecule has 1 aromatic heterocycles. The molecule has 0 amide bonds. The molecule has 1 heterocycles. The molecule has 1 aromatic carbocycles. The summed E-state index contributed by atoms with van der Waals surface area (Å²) in [5.41, 5.74) is 0.996. The average Bonchev–Trinajstić information content (AvgIpc) is 2.65. The Balaban J connectivity index is 2.51. The fourth-order valence-electron chi connectivity index (χ4n) is 1.58. The number of nitrogens with one attached hydrogen (secondary N) is 1. The van der Waals surface area contributed by atoms with Gasteiger partial charge in [-0.05, 0) is 25.6 Å². The van der Waals surface area contributed by atoms with Gasteiger partial charge in [-0.2, -0.15) is 0 Å². The van der Waals surface area contributed by atoms with Crippen LogP contribution in [-0.4, -0.2) is 12.0 Å². The van der Waals surface area contributed by atoms with E-state index in [1.165, 1.54) is 0 Å². The van der Waals surface area contributed by atoms with E-state index < -0.39 is 0 Å². The minimum Gasteiger partial charge on any atom is -0.311 e. The molecule has 15 heavy (non-hydrogen) atoms. The van der Waals surface area contributed by atoms with Gasteiger partial charge in [0.1, 0.15) is 5.01 Å². The molecule has 1 N–H and O–H groups in total. The van der Waals surface area contributed by atoms with Crippen molar-refractivity contribution < 1.29 is 0 Å². The quantitative estimate of drug-likeness (QED) is 0.887. The number of aromatic nitrogens is 1. The highest BCUT2D eigenvalue weighted by Crippen LogP contribution is 2.32. The number of hydrogen-bond donors (Lipinski definition) is 1. The van der Waals surface area contributed by atoms with Gasteiger partial charge in [0, 0.05) is 0 Å². The molecule has 4 heteroatoms. The third-order valence-electron chi connectivity index (χ3n) is 2.44. The molecule has 2 rings (SSSR count). The Hall–Kier alpha value is -0.640. The Morgan fingerprint density at radius 3 is 2.93 bits per heavy atom. The van der Waals surface area contributed by atoms with Crippen molar-refractivity contribution in [3.63, 3.8) is 0 Å². The first-order valence-corrected chi connectivity index (χ1v) is 6.18. The minimum absolute atomic E-state index is 0.332. The van der Waals surface area contributed by atoms with Gasteiger partial charge in [0.15, 0.2) is 0 Å². The molecule has 80 valence electrons. The van der Waals surface area contributed by atoms with E-state index in [0.717, 1.165) is 26.7 Å². The van der Waals surface area contributed by atoms with Gasteiger partial charge in [-0.25, -0.2) is 4.98 Å². The van der Waals surface area contributed by atoms with Crippen molar-refractivity contribution in [3.05, 3.63) is 28.2 Å². The van der Waals surface area contributed by atoms with Crippen molar-refractivity contribution in [2.75, 3.05) is 7.05 Å². The van der Waals surface area contributed by atoms with Gasteiger partial charge in [0.2, 0.25) is 0 Å². The van der Waals surface area contributed by atoms with E-state index in [-0.39, 0.29) is 0 Å². The van der Waals surface area contributed by atoms with Gasteiger partial charge < -0.3 is 5.32 Å². The first kappa shape index (κ1) is 10.9. The fourth-order valence-corrected chi connectivity index (χ4v) is 3.03. The lowest BCUT2D eigenvalue weighted by molar-refractivity contribution is 0.574. The molecule has 0 bridgehead atoms. The Labute approximate surface area is 98.3 Å². The lowest BCUT2D eigenvalue weighted by Gasteiger charge is -2.08. The fraction of sp³-hybridized carbons (Fsp3) is 0.364. The van der Waals surface area contributed by atoms with Crippen molar-refractivity contribution in [3.8, 4) is 0 Å². The molecule has 0 fully saturated rings. The van der Waals surface area contributed by atoms with Gasteiger partial charge in [-0.15, -0.1) is 11.3 Å². The van der Waals surface area contributed by atoms with E-state index >= 15 is 0 Å². The van der Waals surface area contributed by atoms with Crippen LogP contribution >= 0.6 is 22.9 Å². The maximum atomic E-state index is 6.11. The molecule has 2 aromatic rings. The van der Waals surface area contributed by atoms with E-state index in [9.17, 15) is 0 Å². The Morgan fingerprint density at radius 1 is 1.53 bits per heavy atom. The summed E-state index contributed by atoms with van der Waals surface area (Å²) in [6.07, 6.45) is 1.04. The molecular weight excluding hydrogens is 228 g/mol. The van der Waals surface area contributed by atoms with Crippen LogP contribution in [0.1, 0.15) is 24.4 Å². The lowest BCUT2D eigenvalue weighted by Crippen LogP contribution is -2.14. The number of halogens is 1. The van der Waals surface area contributed by atoms with E-state index in [4.69, 9.17) is 11.6 Å². The van der Waals surface area contributed by atoms with Crippen molar-refractivity contribution >= 4 is 33.2 Å². The summed E-state index contributed by atoms with van der Waals surface area (Å²) in [7, 11) is 1.96. The molecular formula is C11H13ClN2S. The van der Waals surface area contributed by atoms with Crippen molar-refractivity contribution in [2.45, 2.75) is 19.4 Å².